The second kappa shape index (κ2) is 10.2. The molecule has 2 atom stereocenters. The van der Waals surface area contributed by atoms with E-state index in [1.807, 2.05) is 44.3 Å². The second-order valence-corrected chi connectivity index (χ2v) is 11.0. The van der Waals surface area contributed by atoms with E-state index in [-0.39, 0.29) is 35.7 Å². The molecule has 34 heavy (non-hydrogen) atoms. The molecule has 4 rings (SSSR count). The van der Waals surface area contributed by atoms with Gasteiger partial charge in [-0.2, -0.15) is 4.31 Å². The molecule has 2 aromatic carbocycles. The fourth-order valence-corrected chi connectivity index (χ4v) is 5.91. The Morgan fingerprint density at radius 3 is 2.32 bits per heavy atom. The Balaban J connectivity index is 1.31. The second-order valence-electron chi connectivity index (χ2n) is 9.10. The molecule has 2 unspecified atom stereocenters. The molecular weight excluding hydrogens is 452 g/mol. The van der Waals surface area contributed by atoms with Gasteiger partial charge in [-0.3, -0.25) is 9.59 Å². The van der Waals surface area contributed by atoms with Gasteiger partial charge < -0.3 is 15.1 Å². The van der Waals surface area contributed by atoms with Gasteiger partial charge in [0.1, 0.15) is 0 Å². The van der Waals surface area contributed by atoms with Crippen LogP contribution in [-0.2, 0) is 26.2 Å². The molecule has 2 aromatic rings. The molecule has 1 N–H and O–H groups in total. The minimum absolute atomic E-state index is 0.0185. The average Bonchev–Trinajstić information content (AvgIpc) is 3.24. The Bertz CT molecular complexity index is 1110. The van der Waals surface area contributed by atoms with Crippen molar-refractivity contribution >= 4 is 21.8 Å². The van der Waals surface area contributed by atoms with E-state index in [0.717, 1.165) is 11.1 Å². The summed E-state index contributed by atoms with van der Waals surface area (Å²) in [4.78, 5) is 29.4. The van der Waals surface area contributed by atoms with Crippen molar-refractivity contribution in [2.75, 3.05) is 39.8 Å². The van der Waals surface area contributed by atoms with E-state index in [4.69, 9.17) is 0 Å². The molecule has 182 valence electrons. The highest BCUT2D eigenvalue weighted by atomic mass is 32.2. The number of amides is 2. The average molecular weight is 485 g/mol. The molecule has 2 amide bonds. The van der Waals surface area contributed by atoms with Crippen molar-refractivity contribution in [2.45, 2.75) is 30.8 Å². The van der Waals surface area contributed by atoms with Crippen LogP contribution in [0.3, 0.4) is 0 Å². The maximum Gasteiger partial charge on any atom is 0.243 e. The summed E-state index contributed by atoms with van der Waals surface area (Å²) in [6.07, 6.45) is 0.200. The molecule has 0 saturated carbocycles. The molecule has 8 nitrogen and oxygen atoms in total. The van der Waals surface area contributed by atoms with Crippen molar-refractivity contribution in [3.05, 3.63) is 65.7 Å². The quantitative estimate of drug-likeness (QED) is 0.648. The summed E-state index contributed by atoms with van der Waals surface area (Å²) >= 11 is 0. The molecule has 2 saturated heterocycles. The van der Waals surface area contributed by atoms with Gasteiger partial charge in [0.2, 0.25) is 21.8 Å². The molecule has 0 radical (unpaired) electrons. The van der Waals surface area contributed by atoms with E-state index in [9.17, 15) is 18.0 Å². The topological polar surface area (TPSA) is 90.0 Å². The molecule has 2 fully saturated rings. The number of piperazine rings is 1. The van der Waals surface area contributed by atoms with Gasteiger partial charge in [-0.1, -0.05) is 42.5 Å². The Hall–Kier alpha value is -2.75. The number of rotatable bonds is 7. The van der Waals surface area contributed by atoms with Crippen molar-refractivity contribution < 1.29 is 18.0 Å². The van der Waals surface area contributed by atoms with Gasteiger partial charge in [-0.15, -0.1) is 0 Å². The van der Waals surface area contributed by atoms with Crippen LogP contribution in [-0.4, -0.2) is 74.1 Å². The van der Waals surface area contributed by atoms with E-state index < -0.39 is 15.9 Å². The van der Waals surface area contributed by atoms with E-state index in [0.29, 0.717) is 32.7 Å². The fourth-order valence-electron chi connectivity index (χ4n) is 4.48. The predicted octanol–water partition coefficient (Wildman–Crippen LogP) is 1.85. The summed E-state index contributed by atoms with van der Waals surface area (Å²) in [5, 5.41) is 2.90. The fraction of sp³-hybridized carbons (Fsp3) is 0.440. The number of carbonyl (C=O) groups excluding carboxylic acids is 2. The summed E-state index contributed by atoms with van der Waals surface area (Å²) in [5.74, 6) is -0.573. The van der Waals surface area contributed by atoms with Crippen LogP contribution in [0.15, 0.2) is 59.5 Å². The standard InChI is InChI=1S/C25H32N4O4S/c1-19(21-6-4-3-5-7-21)29-18-22(16-24(29)30)25(31)26-17-20-8-10-23(11-9-20)34(32,33)28-14-12-27(2)13-15-28/h3-11,19,22H,12-18H2,1-2H3,(H,26,31). The monoisotopic (exact) mass is 484 g/mol. The number of hydrogen-bond acceptors (Lipinski definition) is 5. The van der Waals surface area contributed by atoms with E-state index in [2.05, 4.69) is 10.2 Å². The van der Waals surface area contributed by atoms with Gasteiger partial charge in [0.05, 0.1) is 16.9 Å². The van der Waals surface area contributed by atoms with Crippen LogP contribution in [0.5, 0.6) is 0 Å². The summed E-state index contributed by atoms with van der Waals surface area (Å²) < 4.78 is 27.2. The summed E-state index contributed by atoms with van der Waals surface area (Å²) in [6, 6.07) is 16.4. The Morgan fingerprint density at radius 1 is 1.03 bits per heavy atom. The van der Waals surface area contributed by atoms with E-state index in [1.54, 1.807) is 29.2 Å². The first-order valence-corrected chi connectivity index (χ1v) is 13.1. The zero-order valence-corrected chi connectivity index (χ0v) is 20.5. The van der Waals surface area contributed by atoms with Gasteiger partial charge >= 0.3 is 0 Å². The summed E-state index contributed by atoms with van der Waals surface area (Å²) in [5.41, 5.74) is 1.85. The minimum Gasteiger partial charge on any atom is -0.352 e. The zero-order valence-electron chi connectivity index (χ0n) is 19.7. The lowest BCUT2D eigenvalue weighted by molar-refractivity contribution is -0.130. The molecule has 9 heteroatoms. The van der Waals surface area contributed by atoms with Crippen LogP contribution in [0, 0.1) is 5.92 Å². The van der Waals surface area contributed by atoms with Gasteiger partial charge in [0.15, 0.2) is 0 Å². The van der Waals surface area contributed by atoms with Crippen LogP contribution in [0.1, 0.15) is 30.5 Å². The molecular formula is C25H32N4O4S. The van der Waals surface area contributed by atoms with Gasteiger partial charge in [0, 0.05) is 45.7 Å². The predicted molar refractivity (Wildman–Crippen MR) is 129 cm³/mol. The number of nitrogens with one attached hydrogen (secondary N) is 1. The first-order chi connectivity index (χ1) is 16.3. The molecule has 2 aliphatic rings. The number of likely N-dealkylation sites (N-methyl/N-ethyl adjacent to an activating group) is 1. The molecule has 0 spiro atoms. The van der Waals surface area contributed by atoms with Crippen LogP contribution in [0.2, 0.25) is 0 Å². The number of sulfonamides is 1. The number of likely N-dealkylation sites (tertiary alicyclic amines) is 1. The lowest BCUT2D eigenvalue weighted by Crippen LogP contribution is -2.47. The largest absolute Gasteiger partial charge is 0.352 e. The smallest absolute Gasteiger partial charge is 0.243 e. The van der Waals surface area contributed by atoms with E-state index >= 15 is 0 Å². The van der Waals surface area contributed by atoms with Gasteiger partial charge in [-0.25, -0.2) is 8.42 Å². The number of nitrogens with zero attached hydrogens (tertiary/aromatic N) is 3. The van der Waals surface area contributed by atoms with E-state index in [1.165, 1.54) is 4.31 Å². The Labute approximate surface area is 201 Å². The lowest BCUT2D eigenvalue weighted by Gasteiger charge is -2.31. The van der Waals surface area contributed by atoms with Crippen molar-refractivity contribution in [3.63, 3.8) is 0 Å². The molecule has 0 bridgehead atoms. The maximum absolute atomic E-state index is 12.9. The summed E-state index contributed by atoms with van der Waals surface area (Å²) in [6.45, 7) is 5.05. The third kappa shape index (κ3) is 5.32. The van der Waals surface area contributed by atoms with Crippen LogP contribution >= 0.6 is 0 Å². The van der Waals surface area contributed by atoms with Crippen molar-refractivity contribution in [3.8, 4) is 0 Å². The molecule has 2 heterocycles. The highest BCUT2D eigenvalue weighted by Crippen LogP contribution is 2.28. The van der Waals surface area contributed by atoms with Crippen LogP contribution in [0.25, 0.3) is 0 Å². The molecule has 0 aliphatic carbocycles. The lowest BCUT2D eigenvalue weighted by atomic mass is 10.1. The van der Waals surface area contributed by atoms with Gasteiger partial charge in [0.25, 0.3) is 0 Å². The molecule has 2 aliphatic heterocycles. The van der Waals surface area contributed by atoms with Crippen molar-refractivity contribution in [2.24, 2.45) is 5.92 Å². The first-order valence-electron chi connectivity index (χ1n) is 11.7. The first kappa shape index (κ1) is 24.4. The van der Waals surface area contributed by atoms with Gasteiger partial charge in [-0.05, 0) is 37.2 Å². The highest BCUT2D eigenvalue weighted by Gasteiger charge is 2.37. The highest BCUT2D eigenvalue weighted by molar-refractivity contribution is 7.89. The van der Waals surface area contributed by atoms with Crippen molar-refractivity contribution in [1.29, 1.82) is 0 Å². The molecule has 0 aromatic heterocycles. The Morgan fingerprint density at radius 2 is 1.68 bits per heavy atom. The van der Waals surface area contributed by atoms with Crippen molar-refractivity contribution in [1.82, 2.24) is 19.4 Å². The summed E-state index contributed by atoms with van der Waals surface area (Å²) in [7, 11) is -1.53. The van der Waals surface area contributed by atoms with Crippen LogP contribution < -0.4 is 5.32 Å². The SMILES string of the molecule is CC(c1ccccc1)N1CC(C(=O)NCc2ccc(S(=O)(=O)N3CCN(C)CC3)cc2)CC1=O. The third-order valence-corrected chi connectivity index (χ3v) is 8.68. The number of hydrogen-bond donors (Lipinski definition) is 1. The van der Waals surface area contributed by atoms with Crippen LogP contribution in [0.4, 0.5) is 0 Å². The normalized spacial score (nSPS) is 20.9. The number of benzene rings is 2. The number of carbonyl (C=O) groups is 2. The third-order valence-electron chi connectivity index (χ3n) is 6.77. The Kier molecular flexibility index (Phi) is 7.35. The zero-order chi connectivity index (χ0) is 24.3. The minimum atomic E-state index is -3.51. The maximum atomic E-state index is 12.9.